The van der Waals surface area contributed by atoms with Crippen LogP contribution in [0.25, 0.3) is 83.3 Å². The monoisotopic (exact) mass is 576 g/mol. The van der Waals surface area contributed by atoms with Gasteiger partial charge in [-0.2, -0.15) is 4.57 Å². The Balaban J connectivity index is 1.41. The number of fused-ring (bicyclic) bond motifs is 6. The van der Waals surface area contributed by atoms with Crippen LogP contribution in [0.3, 0.4) is 0 Å². The van der Waals surface area contributed by atoms with Gasteiger partial charge in [-0.15, -0.1) is 0 Å². The Morgan fingerprint density at radius 2 is 1.09 bits per heavy atom. The minimum Gasteiger partial charge on any atom is -0.455 e. The number of benzene rings is 7. The molecule has 0 amide bonds. The highest BCUT2D eigenvalue weighted by molar-refractivity contribution is 6.15. The average Bonchev–Trinajstić information content (AvgIpc) is 3.51. The van der Waals surface area contributed by atoms with Crippen molar-refractivity contribution in [1.82, 2.24) is 9.97 Å². The molecule has 0 fully saturated rings. The first-order valence-electron chi connectivity index (χ1n) is 15.1. The van der Waals surface area contributed by atoms with Gasteiger partial charge in [0.05, 0.1) is 16.7 Å². The van der Waals surface area contributed by atoms with Gasteiger partial charge >= 0.3 is 5.82 Å². The summed E-state index contributed by atoms with van der Waals surface area (Å²) in [6.45, 7) is 0. The van der Waals surface area contributed by atoms with E-state index in [1.54, 1.807) is 0 Å². The second kappa shape index (κ2) is 10.2. The van der Waals surface area contributed by atoms with Gasteiger partial charge in [-0.05, 0) is 70.8 Å². The van der Waals surface area contributed by atoms with Gasteiger partial charge in [0.25, 0.3) is 11.6 Å². The second-order valence-electron chi connectivity index (χ2n) is 11.2. The van der Waals surface area contributed by atoms with Crippen LogP contribution in [0, 0.1) is 0 Å². The van der Waals surface area contributed by atoms with Gasteiger partial charge in [0.2, 0.25) is 0 Å². The Labute approximate surface area is 259 Å². The summed E-state index contributed by atoms with van der Waals surface area (Å²) in [5.41, 5.74) is 5.72. The molecule has 0 aliphatic rings. The number of para-hydroxylation sites is 1. The molecule has 210 valence electrons. The molecule has 9 rings (SSSR count). The van der Waals surface area contributed by atoms with E-state index in [4.69, 9.17) is 14.4 Å². The lowest BCUT2D eigenvalue weighted by molar-refractivity contribution is -0.578. The lowest BCUT2D eigenvalue weighted by Gasteiger charge is -2.14. The molecule has 0 aliphatic heterocycles. The maximum absolute atomic E-state index is 6.48. The average molecular weight is 577 g/mol. The van der Waals surface area contributed by atoms with Crippen molar-refractivity contribution in [1.29, 1.82) is 0 Å². The Kier molecular flexibility index (Phi) is 5.78. The summed E-state index contributed by atoms with van der Waals surface area (Å²) < 4.78 is 8.68. The summed E-state index contributed by atoms with van der Waals surface area (Å²) >= 11 is 0. The normalized spacial score (nSPS) is 11.6. The van der Waals surface area contributed by atoms with E-state index in [0.29, 0.717) is 5.82 Å². The number of hydrogen-bond donors (Lipinski definition) is 0. The fourth-order valence-corrected chi connectivity index (χ4v) is 6.40. The number of hydrogen-bond acceptors (Lipinski definition) is 3. The Morgan fingerprint density at radius 3 is 1.93 bits per heavy atom. The van der Waals surface area contributed by atoms with Gasteiger partial charge in [0.15, 0.2) is 0 Å². The molecule has 0 bridgehead atoms. The molecular weight excluding hydrogens is 550 g/mol. The van der Waals surface area contributed by atoms with Crippen LogP contribution in [-0.2, 0) is 0 Å². The van der Waals surface area contributed by atoms with Crippen molar-refractivity contribution in [2.45, 2.75) is 0 Å². The minimum absolute atomic E-state index is 0.675. The van der Waals surface area contributed by atoms with E-state index in [-0.39, 0.29) is 0 Å². The highest BCUT2D eigenvalue weighted by Crippen LogP contribution is 2.35. The second-order valence-corrected chi connectivity index (χ2v) is 11.2. The van der Waals surface area contributed by atoms with E-state index < -0.39 is 0 Å². The molecule has 9 aromatic rings. The van der Waals surface area contributed by atoms with E-state index in [9.17, 15) is 0 Å². The standard InChI is InChI=1S/C41H26N3O/c1-3-13-29(14-4-1)39-42-40(30-15-5-2-6-16-30)44(41(43-39)35-20-11-17-27-12-7-8-18-32(27)35)31-24-22-28-23-25-34-33-19-9-10-21-37(33)45-38(34)36(28)26-31/h1-26H/q+1. The molecule has 0 aliphatic carbocycles. The zero-order valence-electron chi connectivity index (χ0n) is 24.3. The largest absolute Gasteiger partial charge is 0.455 e. The van der Waals surface area contributed by atoms with Crippen molar-refractivity contribution >= 4 is 43.5 Å². The Bertz CT molecular complexity index is 2530. The zero-order chi connectivity index (χ0) is 29.7. The van der Waals surface area contributed by atoms with Crippen LogP contribution in [0.15, 0.2) is 162 Å². The van der Waals surface area contributed by atoms with Crippen molar-refractivity contribution in [3.8, 4) is 39.9 Å². The number of aromatic nitrogens is 3. The molecule has 0 spiro atoms. The van der Waals surface area contributed by atoms with Gasteiger partial charge in [0, 0.05) is 16.2 Å². The van der Waals surface area contributed by atoms with Crippen LogP contribution >= 0.6 is 0 Å². The van der Waals surface area contributed by atoms with E-state index in [2.05, 4.69) is 126 Å². The molecule has 45 heavy (non-hydrogen) atoms. The van der Waals surface area contributed by atoms with Crippen molar-refractivity contribution < 1.29 is 8.98 Å². The first-order chi connectivity index (χ1) is 22.3. The fraction of sp³-hybridized carbons (Fsp3) is 0. The molecule has 0 unspecified atom stereocenters. The molecular formula is C41H26N3O+. The highest BCUT2D eigenvalue weighted by atomic mass is 16.3. The van der Waals surface area contributed by atoms with Gasteiger partial charge in [0.1, 0.15) is 16.9 Å². The van der Waals surface area contributed by atoms with Crippen molar-refractivity contribution in [2.75, 3.05) is 0 Å². The minimum atomic E-state index is 0.675. The van der Waals surface area contributed by atoms with Crippen LogP contribution in [0.4, 0.5) is 0 Å². The number of rotatable bonds is 4. The predicted octanol–water partition coefficient (Wildman–Crippen LogP) is 9.96. The van der Waals surface area contributed by atoms with Crippen LogP contribution in [0.5, 0.6) is 0 Å². The molecule has 0 atom stereocenters. The Hall–Kier alpha value is -6.13. The summed E-state index contributed by atoms with van der Waals surface area (Å²) in [5, 5.41) is 6.67. The molecule has 0 radical (unpaired) electrons. The molecule has 0 saturated heterocycles. The Morgan fingerprint density at radius 1 is 0.444 bits per heavy atom. The van der Waals surface area contributed by atoms with Crippen molar-refractivity contribution in [3.05, 3.63) is 158 Å². The summed E-state index contributed by atoms with van der Waals surface area (Å²) in [4.78, 5) is 10.6. The van der Waals surface area contributed by atoms with Crippen LogP contribution in [-0.4, -0.2) is 9.97 Å². The van der Waals surface area contributed by atoms with E-state index in [0.717, 1.165) is 77.5 Å². The number of nitrogens with zero attached hydrogens (tertiary/aromatic N) is 3. The zero-order valence-corrected chi connectivity index (χ0v) is 24.3. The molecule has 4 nitrogen and oxygen atoms in total. The molecule has 0 N–H and O–H groups in total. The van der Waals surface area contributed by atoms with Crippen molar-refractivity contribution in [2.24, 2.45) is 0 Å². The first-order valence-corrected chi connectivity index (χ1v) is 15.1. The van der Waals surface area contributed by atoms with Gasteiger partial charge in [-0.25, -0.2) is 0 Å². The number of furan rings is 1. The van der Waals surface area contributed by atoms with E-state index in [1.807, 2.05) is 36.4 Å². The SMILES string of the molecule is c1ccc(-c2nc(-c3ccccc3)[n+](-c3ccc4ccc5c6ccccc6oc5c4c3)c(-c3cccc4ccccc34)n2)cc1. The van der Waals surface area contributed by atoms with Crippen molar-refractivity contribution in [3.63, 3.8) is 0 Å². The summed E-state index contributed by atoms with van der Waals surface area (Å²) in [6.07, 6.45) is 0. The van der Waals surface area contributed by atoms with Gasteiger partial charge < -0.3 is 4.42 Å². The quantitative estimate of drug-likeness (QED) is 0.196. The topological polar surface area (TPSA) is 42.8 Å². The highest BCUT2D eigenvalue weighted by Gasteiger charge is 2.28. The maximum atomic E-state index is 6.48. The summed E-state index contributed by atoms with van der Waals surface area (Å²) in [6, 6.07) is 54.5. The predicted molar refractivity (Wildman–Crippen MR) is 182 cm³/mol. The summed E-state index contributed by atoms with van der Waals surface area (Å²) in [5.74, 6) is 2.30. The third-order valence-corrected chi connectivity index (χ3v) is 8.54. The third-order valence-electron chi connectivity index (χ3n) is 8.54. The van der Waals surface area contributed by atoms with E-state index in [1.165, 1.54) is 0 Å². The molecule has 4 heteroatoms. The van der Waals surface area contributed by atoms with Crippen LogP contribution in [0.2, 0.25) is 0 Å². The summed E-state index contributed by atoms with van der Waals surface area (Å²) in [7, 11) is 0. The van der Waals surface area contributed by atoms with Gasteiger partial charge in [-0.1, -0.05) is 113 Å². The first kappa shape index (κ1) is 25.4. The van der Waals surface area contributed by atoms with Crippen LogP contribution in [0.1, 0.15) is 0 Å². The molecule has 7 aromatic carbocycles. The molecule has 2 aromatic heterocycles. The third kappa shape index (κ3) is 4.19. The molecule has 0 saturated carbocycles. The fourth-order valence-electron chi connectivity index (χ4n) is 6.40. The lowest BCUT2D eigenvalue weighted by atomic mass is 10.0. The lowest BCUT2D eigenvalue weighted by Crippen LogP contribution is -2.39. The van der Waals surface area contributed by atoms with Gasteiger partial charge in [-0.3, -0.25) is 0 Å². The van der Waals surface area contributed by atoms with Crippen LogP contribution < -0.4 is 4.57 Å². The maximum Gasteiger partial charge on any atom is 0.308 e. The smallest absolute Gasteiger partial charge is 0.308 e. The molecule has 2 heterocycles. The van der Waals surface area contributed by atoms with E-state index >= 15 is 0 Å².